The van der Waals surface area contributed by atoms with E-state index in [-0.39, 0.29) is 5.69 Å². The number of anilines is 1. The summed E-state index contributed by atoms with van der Waals surface area (Å²) in [6, 6.07) is 1.75. The molecule has 0 spiro atoms. The Labute approximate surface area is 75.7 Å². The highest BCUT2D eigenvalue weighted by molar-refractivity contribution is 5.40. The molecule has 68 valence electrons. The van der Waals surface area contributed by atoms with Crippen molar-refractivity contribution in [1.82, 2.24) is 9.97 Å². The first kappa shape index (κ1) is 8.04. The highest BCUT2D eigenvalue weighted by atomic mass is 16.1. The molecule has 0 bridgehead atoms. The van der Waals surface area contributed by atoms with Crippen molar-refractivity contribution in [3.63, 3.8) is 0 Å². The first-order chi connectivity index (χ1) is 6.34. The lowest BCUT2D eigenvalue weighted by atomic mass is 10.3. The van der Waals surface area contributed by atoms with Crippen LogP contribution in [0.2, 0.25) is 0 Å². The van der Waals surface area contributed by atoms with E-state index < -0.39 is 0 Å². The van der Waals surface area contributed by atoms with Crippen LogP contribution in [0.25, 0.3) is 0 Å². The maximum Gasteiger partial charge on any atom is 0.346 e. The lowest BCUT2D eigenvalue weighted by molar-refractivity contribution is 0.906. The molecule has 13 heavy (non-hydrogen) atoms. The van der Waals surface area contributed by atoms with Crippen molar-refractivity contribution < 1.29 is 0 Å². The normalized spacial score (nSPS) is 15.5. The van der Waals surface area contributed by atoms with Crippen molar-refractivity contribution in [3.05, 3.63) is 34.5 Å². The Morgan fingerprint density at radius 2 is 2.46 bits per heavy atom. The fourth-order valence-electron chi connectivity index (χ4n) is 1.40. The molecule has 2 N–H and O–H groups in total. The molecule has 1 aromatic heterocycles. The highest BCUT2D eigenvalue weighted by Crippen LogP contribution is 2.18. The highest BCUT2D eigenvalue weighted by Gasteiger charge is 2.04. The van der Waals surface area contributed by atoms with E-state index in [9.17, 15) is 4.79 Å². The summed E-state index contributed by atoms with van der Waals surface area (Å²) in [5.41, 5.74) is 0.866. The summed E-state index contributed by atoms with van der Waals surface area (Å²) in [4.78, 5) is 17.0. The van der Waals surface area contributed by atoms with Crippen molar-refractivity contribution in [2.75, 3.05) is 5.32 Å². The minimum absolute atomic E-state index is 0.316. The van der Waals surface area contributed by atoms with Crippen LogP contribution < -0.4 is 11.0 Å². The topological polar surface area (TPSA) is 57.8 Å². The molecule has 0 atom stereocenters. The fourth-order valence-corrected chi connectivity index (χ4v) is 1.40. The molecule has 4 nitrogen and oxygen atoms in total. The second-order valence-electron chi connectivity index (χ2n) is 3.04. The van der Waals surface area contributed by atoms with Gasteiger partial charge in [-0.25, -0.2) is 9.78 Å². The Bertz CT molecular complexity index is 380. The number of H-pyrrole nitrogens is 1. The van der Waals surface area contributed by atoms with E-state index in [0.717, 1.165) is 12.8 Å². The summed E-state index contributed by atoms with van der Waals surface area (Å²) in [5.74, 6) is 0.716. The van der Waals surface area contributed by atoms with Crippen LogP contribution >= 0.6 is 0 Å². The number of allylic oxidation sites excluding steroid dienone is 2. The number of aromatic nitrogens is 2. The largest absolute Gasteiger partial charge is 0.346 e. The molecule has 1 aliphatic rings. The Kier molecular flexibility index (Phi) is 2.12. The Balaban J connectivity index is 2.13. The predicted octanol–water partition coefficient (Wildman–Crippen LogP) is 1.25. The van der Waals surface area contributed by atoms with Gasteiger partial charge >= 0.3 is 5.69 Å². The van der Waals surface area contributed by atoms with Gasteiger partial charge in [-0.3, -0.25) is 4.98 Å². The lowest BCUT2D eigenvalue weighted by Crippen LogP contribution is -2.11. The van der Waals surface area contributed by atoms with Gasteiger partial charge in [0.05, 0.1) is 0 Å². The van der Waals surface area contributed by atoms with E-state index >= 15 is 0 Å². The van der Waals surface area contributed by atoms with Gasteiger partial charge in [-0.05, 0) is 25.3 Å². The summed E-state index contributed by atoms with van der Waals surface area (Å²) in [5, 5.41) is 3.15. The lowest BCUT2D eigenvalue weighted by Gasteiger charge is -2.04. The molecular formula is C9H11N3O. The molecule has 1 aromatic rings. The monoisotopic (exact) mass is 177 g/mol. The quantitative estimate of drug-likeness (QED) is 0.714. The molecule has 1 aliphatic carbocycles. The van der Waals surface area contributed by atoms with E-state index in [2.05, 4.69) is 21.4 Å². The molecule has 0 amide bonds. The Morgan fingerprint density at radius 1 is 1.54 bits per heavy atom. The van der Waals surface area contributed by atoms with Crippen molar-refractivity contribution in [1.29, 1.82) is 0 Å². The van der Waals surface area contributed by atoms with Crippen LogP contribution in [-0.4, -0.2) is 9.97 Å². The second-order valence-corrected chi connectivity index (χ2v) is 3.04. The number of nitrogens with zero attached hydrogens (tertiary/aromatic N) is 1. The van der Waals surface area contributed by atoms with Crippen molar-refractivity contribution >= 4 is 5.82 Å². The Morgan fingerprint density at radius 3 is 3.15 bits per heavy atom. The van der Waals surface area contributed by atoms with Crippen LogP contribution in [0, 0.1) is 0 Å². The molecule has 4 heteroatoms. The minimum Gasteiger partial charge on any atom is -0.346 e. The molecule has 0 aromatic carbocycles. The predicted molar refractivity (Wildman–Crippen MR) is 50.4 cm³/mol. The zero-order valence-electron chi connectivity index (χ0n) is 7.21. The number of nitrogens with one attached hydrogen (secondary N) is 2. The standard InChI is InChI=1S/C9H11N3O/c13-9-10-6-5-8(12-9)11-7-3-1-2-4-7/h3,5-6H,1-2,4H2,(H2,10,11,12,13). The SMILES string of the molecule is O=c1nccc(NC2=CCCC2)[nH]1. The van der Waals surface area contributed by atoms with Gasteiger partial charge in [0.25, 0.3) is 0 Å². The molecule has 0 saturated heterocycles. The molecule has 0 saturated carbocycles. The first-order valence-corrected chi connectivity index (χ1v) is 4.36. The number of aromatic amines is 1. The zero-order valence-corrected chi connectivity index (χ0v) is 7.21. The van der Waals surface area contributed by atoms with Crippen LogP contribution in [0.5, 0.6) is 0 Å². The first-order valence-electron chi connectivity index (χ1n) is 4.36. The zero-order chi connectivity index (χ0) is 9.10. The number of hydrogen-bond acceptors (Lipinski definition) is 3. The maximum absolute atomic E-state index is 10.8. The van der Waals surface area contributed by atoms with Crippen LogP contribution in [-0.2, 0) is 0 Å². The number of hydrogen-bond donors (Lipinski definition) is 2. The van der Waals surface area contributed by atoms with Gasteiger partial charge in [0.1, 0.15) is 5.82 Å². The third kappa shape index (κ3) is 1.96. The smallest absolute Gasteiger partial charge is 0.346 e. The van der Waals surface area contributed by atoms with Gasteiger partial charge in [0.2, 0.25) is 0 Å². The van der Waals surface area contributed by atoms with Gasteiger partial charge in [-0.15, -0.1) is 0 Å². The van der Waals surface area contributed by atoms with Gasteiger partial charge in [0, 0.05) is 11.9 Å². The average molecular weight is 177 g/mol. The third-order valence-corrected chi connectivity index (χ3v) is 2.01. The summed E-state index contributed by atoms with van der Waals surface area (Å²) >= 11 is 0. The van der Waals surface area contributed by atoms with E-state index in [4.69, 9.17) is 0 Å². The molecular weight excluding hydrogens is 166 g/mol. The van der Waals surface area contributed by atoms with Crippen LogP contribution in [0.4, 0.5) is 5.82 Å². The van der Waals surface area contributed by atoms with Crippen LogP contribution in [0.3, 0.4) is 0 Å². The summed E-state index contributed by atoms with van der Waals surface area (Å²) < 4.78 is 0. The van der Waals surface area contributed by atoms with Crippen molar-refractivity contribution in [2.24, 2.45) is 0 Å². The molecule has 2 rings (SSSR count). The minimum atomic E-state index is -0.316. The Hall–Kier alpha value is -1.58. The summed E-state index contributed by atoms with van der Waals surface area (Å²) in [7, 11) is 0. The summed E-state index contributed by atoms with van der Waals surface area (Å²) in [6.45, 7) is 0. The van der Waals surface area contributed by atoms with Gasteiger partial charge in [-0.2, -0.15) is 0 Å². The van der Waals surface area contributed by atoms with Gasteiger partial charge < -0.3 is 5.32 Å². The van der Waals surface area contributed by atoms with Crippen molar-refractivity contribution in [2.45, 2.75) is 19.3 Å². The maximum atomic E-state index is 10.8. The third-order valence-electron chi connectivity index (χ3n) is 2.01. The molecule has 1 heterocycles. The average Bonchev–Trinajstić information content (AvgIpc) is 2.57. The second kappa shape index (κ2) is 3.43. The molecule has 0 unspecified atom stereocenters. The van der Waals surface area contributed by atoms with Gasteiger partial charge in [-0.1, -0.05) is 6.08 Å². The number of rotatable bonds is 2. The van der Waals surface area contributed by atoms with Crippen LogP contribution in [0.15, 0.2) is 28.8 Å². The molecule has 0 radical (unpaired) electrons. The summed E-state index contributed by atoms with van der Waals surface area (Å²) in [6.07, 6.45) is 7.02. The van der Waals surface area contributed by atoms with E-state index in [1.807, 2.05) is 0 Å². The fraction of sp³-hybridized carbons (Fsp3) is 0.333. The van der Waals surface area contributed by atoms with E-state index in [0.29, 0.717) is 5.82 Å². The molecule has 0 aliphatic heterocycles. The van der Waals surface area contributed by atoms with Gasteiger partial charge in [0.15, 0.2) is 0 Å². The van der Waals surface area contributed by atoms with Crippen LogP contribution in [0.1, 0.15) is 19.3 Å². The molecule has 0 fully saturated rings. The van der Waals surface area contributed by atoms with Crippen molar-refractivity contribution in [3.8, 4) is 0 Å². The van der Waals surface area contributed by atoms with E-state index in [1.54, 1.807) is 6.07 Å². The van der Waals surface area contributed by atoms with E-state index in [1.165, 1.54) is 18.3 Å².